The van der Waals surface area contributed by atoms with Crippen LogP contribution < -0.4 is 5.73 Å². The Morgan fingerprint density at radius 1 is 0.966 bits per heavy atom. The number of aromatic nitrogens is 1. The van der Waals surface area contributed by atoms with Gasteiger partial charge >= 0.3 is 6.03 Å². The number of rotatable bonds is 2. The lowest BCUT2D eigenvalue weighted by Crippen LogP contribution is -2.34. The van der Waals surface area contributed by atoms with Crippen LogP contribution in [0.15, 0.2) is 66.9 Å². The van der Waals surface area contributed by atoms with Gasteiger partial charge in [0.2, 0.25) is 0 Å². The summed E-state index contributed by atoms with van der Waals surface area (Å²) in [5.41, 5.74) is 10.8. The molecule has 3 N–H and O–H groups in total. The number of benzene rings is 3. The first-order valence-corrected chi connectivity index (χ1v) is 9.23. The van der Waals surface area contributed by atoms with Gasteiger partial charge in [0.05, 0.1) is 6.04 Å². The molecule has 0 spiro atoms. The lowest BCUT2D eigenvalue weighted by Gasteiger charge is -2.23. The molecule has 1 atom stereocenters. The van der Waals surface area contributed by atoms with Gasteiger partial charge in [-0.3, -0.25) is 0 Å². The molecule has 0 aliphatic carbocycles. The van der Waals surface area contributed by atoms with Gasteiger partial charge in [-0.1, -0.05) is 42.5 Å². The van der Waals surface area contributed by atoms with E-state index in [9.17, 15) is 13.6 Å². The Morgan fingerprint density at radius 3 is 2.48 bits per heavy atom. The fourth-order valence-electron chi connectivity index (χ4n) is 4.17. The van der Waals surface area contributed by atoms with Crippen molar-refractivity contribution in [3.05, 3.63) is 95.2 Å². The average Bonchev–Trinajstić information content (AvgIpc) is 3.29. The normalized spacial score (nSPS) is 15.7. The Morgan fingerprint density at radius 2 is 1.72 bits per heavy atom. The molecule has 3 aromatic carbocycles. The third-order valence-corrected chi connectivity index (χ3v) is 5.53. The van der Waals surface area contributed by atoms with E-state index >= 15 is 0 Å². The van der Waals surface area contributed by atoms with E-state index in [0.717, 1.165) is 34.4 Å². The van der Waals surface area contributed by atoms with Crippen molar-refractivity contribution in [2.75, 3.05) is 0 Å². The van der Waals surface area contributed by atoms with Crippen molar-refractivity contribution in [3.8, 4) is 11.1 Å². The van der Waals surface area contributed by atoms with Crippen molar-refractivity contribution >= 4 is 16.9 Å². The van der Waals surface area contributed by atoms with E-state index in [4.69, 9.17) is 5.73 Å². The number of amides is 2. The fraction of sp³-hybridized carbons (Fsp3) is 0.0870. The number of hydrogen-bond donors (Lipinski definition) is 2. The standard InChI is InChI=1S/C23H17F2N3O/c24-19-9-17-18(11-27-21(17)10-20(19)25)22-16-7-6-14(13-4-2-1-3-5-13)8-15(16)12-28(22)23(26)29/h1-11,22,27H,12H2,(H2,26,29). The molecule has 4 aromatic rings. The molecule has 0 saturated carbocycles. The number of carbonyl (C=O) groups is 1. The summed E-state index contributed by atoms with van der Waals surface area (Å²) in [6.07, 6.45) is 1.68. The molecule has 0 fully saturated rings. The number of H-pyrrole nitrogens is 1. The summed E-state index contributed by atoms with van der Waals surface area (Å²) in [4.78, 5) is 16.7. The second-order valence-corrected chi connectivity index (χ2v) is 7.20. The van der Waals surface area contributed by atoms with Crippen LogP contribution in [0.5, 0.6) is 0 Å². The van der Waals surface area contributed by atoms with E-state index < -0.39 is 23.7 Å². The minimum Gasteiger partial charge on any atom is -0.361 e. The van der Waals surface area contributed by atoms with Crippen molar-refractivity contribution in [2.24, 2.45) is 5.73 Å². The molecule has 144 valence electrons. The third kappa shape index (κ3) is 2.76. The van der Waals surface area contributed by atoms with Crippen molar-refractivity contribution in [2.45, 2.75) is 12.6 Å². The number of halogens is 2. The zero-order chi connectivity index (χ0) is 20.1. The molecule has 0 saturated heterocycles. The maximum Gasteiger partial charge on any atom is 0.315 e. The lowest BCUT2D eigenvalue weighted by molar-refractivity contribution is 0.199. The maximum atomic E-state index is 13.9. The molecular formula is C23H17F2N3O. The molecule has 1 aliphatic heterocycles. The quantitative estimate of drug-likeness (QED) is 0.492. The number of nitrogens with one attached hydrogen (secondary N) is 1. The summed E-state index contributed by atoms with van der Waals surface area (Å²) < 4.78 is 27.5. The van der Waals surface area contributed by atoms with E-state index in [2.05, 4.69) is 11.1 Å². The second-order valence-electron chi connectivity index (χ2n) is 7.20. The highest BCUT2D eigenvalue weighted by atomic mass is 19.2. The Bertz CT molecular complexity index is 1250. The van der Waals surface area contributed by atoms with Crippen LogP contribution in [0.2, 0.25) is 0 Å². The number of primary amides is 1. The molecule has 0 bridgehead atoms. The van der Waals surface area contributed by atoms with Gasteiger partial charge in [-0.15, -0.1) is 0 Å². The molecular weight excluding hydrogens is 372 g/mol. The number of urea groups is 1. The van der Waals surface area contributed by atoms with Crippen LogP contribution in [0, 0.1) is 11.6 Å². The van der Waals surface area contributed by atoms with E-state index in [1.807, 2.05) is 42.5 Å². The number of carbonyl (C=O) groups excluding carboxylic acids is 1. The number of hydrogen-bond acceptors (Lipinski definition) is 1. The highest BCUT2D eigenvalue weighted by molar-refractivity contribution is 5.86. The van der Waals surface area contributed by atoms with Gasteiger partial charge in [-0.25, -0.2) is 13.6 Å². The number of nitrogens with two attached hydrogens (primary N) is 1. The first-order chi connectivity index (χ1) is 14.0. The van der Waals surface area contributed by atoms with Crippen molar-refractivity contribution in [3.63, 3.8) is 0 Å². The number of nitrogens with zero attached hydrogens (tertiary/aromatic N) is 1. The molecule has 1 aliphatic rings. The fourth-order valence-corrected chi connectivity index (χ4v) is 4.17. The molecule has 29 heavy (non-hydrogen) atoms. The van der Waals surface area contributed by atoms with Crippen molar-refractivity contribution < 1.29 is 13.6 Å². The lowest BCUT2D eigenvalue weighted by atomic mass is 9.94. The predicted octanol–water partition coefficient (Wildman–Crippen LogP) is 5.10. The van der Waals surface area contributed by atoms with E-state index in [1.54, 1.807) is 11.1 Å². The first kappa shape index (κ1) is 17.4. The predicted molar refractivity (Wildman–Crippen MR) is 107 cm³/mol. The zero-order valence-electron chi connectivity index (χ0n) is 15.3. The molecule has 2 heterocycles. The minimum absolute atomic E-state index is 0.354. The summed E-state index contributed by atoms with van der Waals surface area (Å²) in [6.45, 7) is 0.354. The summed E-state index contributed by atoms with van der Waals surface area (Å²) in [5.74, 6) is -1.85. The second kappa shape index (κ2) is 6.44. The SMILES string of the molecule is NC(=O)N1Cc2cc(-c3ccccc3)ccc2C1c1c[nH]c2cc(F)c(F)cc12. The molecule has 5 rings (SSSR count). The monoisotopic (exact) mass is 389 g/mol. The van der Waals surface area contributed by atoms with E-state index in [-0.39, 0.29) is 0 Å². The highest BCUT2D eigenvalue weighted by Gasteiger charge is 2.35. The van der Waals surface area contributed by atoms with Crippen LogP contribution in [0.1, 0.15) is 22.7 Å². The van der Waals surface area contributed by atoms with Gasteiger partial charge in [-0.05, 0) is 34.4 Å². The highest BCUT2D eigenvalue weighted by Crippen LogP contribution is 2.42. The molecule has 1 unspecified atom stereocenters. The third-order valence-electron chi connectivity index (χ3n) is 5.53. The Labute approximate surface area is 165 Å². The number of fused-ring (bicyclic) bond motifs is 2. The van der Waals surface area contributed by atoms with Crippen LogP contribution in [-0.4, -0.2) is 15.9 Å². The van der Waals surface area contributed by atoms with Gasteiger partial charge in [0, 0.05) is 35.3 Å². The average molecular weight is 389 g/mol. The molecule has 6 heteroatoms. The van der Waals surface area contributed by atoms with Gasteiger partial charge in [0.25, 0.3) is 0 Å². The summed E-state index contributed by atoms with van der Waals surface area (Å²) in [6, 6.07) is 17.2. The smallest absolute Gasteiger partial charge is 0.315 e. The minimum atomic E-state index is -0.929. The van der Waals surface area contributed by atoms with Gasteiger partial charge < -0.3 is 15.6 Å². The van der Waals surface area contributed by atoms with E-state index in [1.165, 1.54) is 0 Å². The van der Waals surface area contributed by atoms with Crippen molar-refractivity contribution in [1.82, 2.24) is 9.88 Å². The number of aromatic amines is 1. The maximum absolute atomic E-state index is 13.9. The summed E-state index contributed by atoms with van der Waals surface area (Å²) in [7, 11) is 0. The van der Waals surface area contributed by atoms with Gasteiger partial charge in [0.15, 0.2) is 11.6 Å². The van der Waals surface area contributed by atoms with Crippen LogP contribution in [-0.2, 0) is 6.54 Å². The Kier molecular flexibility index (Phi) is 3.87. The van der Waals surface area contributed by atoms with Crippen LogP contribution >= 0.6 is 0 Å². The largest absolute Gasteiger partial charge is 0.361 e. The molecule has 2 amide bonds. The summed E-state index contributed by atoms with van der Waals surface area (Å²) >= 11 is 0. The van der Waals surface area contributed by atoms with Crippen LogP contribution in [0.4, 0.5) is 13.6 Å². The van der Waals surface area contributed by atoms with Gasteiger partial charge in [0.1, 0.15) is 0 Å². The Hall–Kier alpha value is -3.67. The Balaban J connectivity index is 1.66. The molecule has 4 nitrogen and oxygen atoms in total. The topological polar surface area (TPSA) is 62.1 Å². The van der Waals surface area contributed by atoms with Crippen LogP contribution in [0.25, 0.3) is 22.0 Å². The molecule has 1 aromatic heterocycles. The zero-order valence-corrected chi connectivity index (χ0v) is 15.3. The molecule has 0 radical (unpaired) electrons. The summed E-state index contributed by atoms with van der Waals surface area (Å²) in [5, 5.41) is 0.528. The van der Waals surface area contributed by atoms with Crippen molar-refractivity contribution in [1.29, 1.82) is 0 Å². The van der Waals surface area contributed by atoms with E-state index in [0.29, 0.717) is 23.0 Å². The van der Waals surface area contributed by atoms with Gasteiger partial charge in [-0.2, -0.15) is 0 Å². The first-order valence-electron chi connectivity index (χ1n) is 9.23. The van der Waals surface area contributed by atoms with Crippen LogP contribution in [0.3, 0.4) is 0 Å².